The summed E-state index contributed by atoms with van der Waals surface area (Å²) in [7, 11) is 0. The van der Waals surface area contributed by atoms with Gasteiger partial charge in [0.25, 0.3) is 5.91 Å². The van der Waals surface area contributed by atoms with Gasteiger partial charge in [0.05, 0.1) is 6.61 Å². The molecule has 0 radical (unpaired) electrons. The zero-order chi connectivity index (χ0) is 19.2. The summed E-state index contributed by atoms with van der Waals surface area (Å²) in [6.07, 6.45) is 0. The second kappa shape index (κ2) is 8.66. The van der Waals surface area contributed by atoms with E-state index >= 15 is 0 Å². The molecule has 27 heavy (non-hydrogen) atoms. The van der Waals surface area contributed by atoms with Crippen molar-refractivity contribution in [2.75, 3.05) is 6.61 Å². The predicted octanol–water partition coefficient (Wildman–Crippen LogP) is 2.90. The fourth-order valence-corrected chi connectivity index (χ4v) is 2.81. The molecule has 0 heterocycles. The number of carbonyl (C=O) groups is 2. The van der Waals surface area contributed by atoms with Gasteiger partial charge >= 0.3 is 0 Å². The van der Waals surface area contributed by atoms with E-state index in [1.165, 1.54) is 0 Å². The van der Waals surface area contributed by atoms with E-state index in [1.807, 2.05) is 30.3 Å². The first-order valence-electron chi connectivity index (χ1n) is 8.49. The maximum absolute atomic E-state index is 12.5. The first kappa shape index (κ1) is 18.9. The van der Waals surface area contributed by atoms with Gasteiger partial charge in [0, 0.05) is 17.1 Å². The molecule has 5 nitrogen and oxygen atoms in total. The largest absolute Gasteiger partial charge is 0.394 e. The summed E-state index contributed by atoms with van der Waals surface area (Å²) in [5.41, 5.74) is 1.29. The minimum absolute atomic E-state index is 0.276. The van der Waals surface area contributed by atoms with Crippen LogP contribution in [0.1, 0.15) is 15.9 Å². The summed E-state index contributed by atoms with van der Waals surface area (Å²) in [6, 6.07) is 19.0. The average molecular weight is 383 g/mol. The van der Waals surface area contributed by atoms with Crippen LogP contribution >= 0.6 is 11.6 Å². The summed E-state index contributed by atoms with van der Waals surface area (Å²) in [6.45, 7) is -0.218. The van der Waals surface area contributed by atoms with Crippen molar-refractivity contribution in [2.24, 2.45) is 0 Å². The Morgan fingerprint density at radius 3 is 2.37 bits per heavy atom. The number of aliphatic hydroxyl groups excluding tert-OH is 1. The van der Waals surface area contributed by atoms with Gasteiger partial charge in [-0.15, -0.1) is 0 Å². The molecule has 0 spiro atoms. The van der Waals surface area contributed by atoms with Gasteiger partial charge in [0.2, 0.25) is 5.91 Å². The van der Waals surface area contributed by atoms with Gasteiger partial charge in [-0.2, -0.15) is 0 Å². The van der Waals surface area contributed by atoms with Gasteiger partial charge < -0.3 is 15.7 Å². The summed E-state index contributed by atoms with van der Waals surface area (Å²) >= 11 is 5.83. The van der Waals surface area contributed by atoms with E-state index in [-0.39, 0.29) is 6.54 Å². The van der Waals surface area contributed by atoms with Crippen LogP contribution in [0.2, 0.25) is 5.02 Å². The molecule has 0 aliphatic heterocycles. The zero-order valence-corrected chi connectivity index (χ0v) is 15.2. The van der Waals surface area contributed by atoms with Gasteiger partial charge in [-0.3, -0.25) is 9.59 Å². The first-order valence-corrected chi connectivity index (χ1v) is 8.87. The Labute approximate surface area is 162 Å². The lowest BCUT2D eigenvalue weighted by Gasteiger charge is -2.16. The number of hydrogen-bond acceptors (Lipinski definition) is 3. The second-order valence-electron chi connectivity index (χ2n) is 6.11. The summed E-state index contributed by atoms with van der Waals surface area (Å²) in [4.78, 5) is 24.7. The van der Waals surface area contributed by atoms with E-state index in [2.05, 4.69) is 10.6 Å². The Bertz CT molecular complexity index is 957. The Morgan fingerprint density at radius 1 is 0.963 bits per heavy atom. The monoisotopic (exact) mass is 382 g/mol. The van der Waals surface area contributed by atoms with Gasteiger partial charge in [-0.1, -0.05) is 54.1 Å². The van der Waals surface area contributed by atoms with Crippen LogP contribution in [0.25, 0.3) is 10.8 Å². The van der Waals surface area contributed by atoms with E-state index in [0.29, 0.717) is 10.6 Å². The molecule has 138 valence electrons. The van der Waals surface area contributed by atoms with Crippen LogP contribution in [0.4, 0.5) is 0 Å². The molecule has 0 bridgehead atoms. The van der Waals surface area contributed by atoms with Crippen LogP contribution in [-0.4, -0.2) is 29.6 Å². The molecular formula is C21H19ClN2O3. The highest BCUT2D eigenvalue weighted by atomic mass is 35.5. The molecule has 1 atom stereocenters. The molecule has 3 N–H and O–H groups in total. The van der Waals surface area contributed by atoms with E-state index in [4.69, 9.17) is 11.6 Å². The smallest absolute Gasteiger partial charge is 0.252 e. The van der Waals surface area contributed by atoms with E-state index in [9.17, 15) is 14.7 Å². The van der Waals surface area contributed by atoms with Crippen LogP contribution in [0, 0.1) is 0 Å². The van der Waals surface area contributed by atoms with E-state index in [1.54, 1.807) is 36.4 Å². The van der Waals surface area contributed by atoms with Crippen molar-refractivity contribution in [3.05, 3.63) is 82.9 Å². The molecule has 0 aliphatic rings. The minimum Gasteiger partial charge on any atom is -0.394 e. The Kier molecular flexibility index (Phi) is 6.06. The van der Waals surface area contributed by atoms with Crippen molar-refractivity contribution in [3.63, 3.8) is 0 Å². The van der Waals surface area contributed by atoms with Crippen LogP contribution in [0.5, 0.6) is 0 Å². The van der Waals surface area contributed by atoms with Gasteiger partial charge in [-0.25, -0.2) is 0 Å². The maximum Gasteiger partial charge on any atom is 0.252 e. The standard InChI is InChI=1S/C21H19ClN2O3/c22-18-9-5-14(6-10-18)12-23-21(27)19(13-25)24-20(26)17-8-7-15-3-1-2-4-16(15)11-17/h1-11,19,25H,12-13H2,(H,23,27)(H,24,26)/t19-/m0/s1. The van der Waals surface area contributed by atoms with Crippen molar-refractivity contribution in [1.29, 1.82) is 0 Å². The normalized spacial score (nSPS) is 11.8. The van der Waals surface area contributed by atoms with E-state index < -0.39 is 24.5 Å². The molecular weight excluding hydrogens is 364 g/mol. The number of benzene rings is 3. The molecule has 6 heteroatoms. The molecule has 3 aromatic carbocycles. The number of hydrogen-bond donors (Lipinski definition) is 3. The van der Waals surface area contributed by atoms with E-state index in [0.717, 1.165) is 16.3 Å². The summed E-state index contributed by atoms with van der Waals surface area (Å²) in [5, 5.41) is 17.3. The Hall–Kier alpha value is -2.89. The fraction of sp³-hybridized carbons (Fsp3) is 0.143. The third kappa shape index (κ3) is 4.84. The topological polar surface area (TPSA) is 78.4 Å². The van der Waals surface area contributed by atoms with Crippen LogP contribution in [-0.2, 0) is 11.3 Å². The van der Waals surface area contributed by atoms with Gasteiger partial charge in [0.1, 0.15) is 6.04 Å². The van der Waals surface area contributed by atoms with Crippen molar-refractivity contribution in [3.8, 4) is 0 Å². The molecule has 0 saturated carbocycles. The first-order chi connectivity index (χ1) is 13.1. The molecule has 0 unspecified atom stereocenters. The predicted molar refractivity (Wildman–Crippen MR) is 106 cm³/mol. The molecule has 3 rings (SSSR count). The average Bonchev–Trinajstić information content (AvgIpc) is 2.70. The van der Waals surface area contributed by atoms with Crippen LogP contribution in [0.3, 0.4) is 0 Å². The highest BCUT2D eigenvalue weighted by molar-refractivity contribution is 6.30. The minimum atomic E-state index is -1.03. The number of amides is 2. The van der Waals surface area contributed by atoms with Crippen molar-refractivity contribution >= 4 is 34.2 Å². The number of rotatable bonds is 6. The molecule has 0 fully saturated rings. The zero-order valence-electron chi connectivity index (χ0n) is 14.5. The lowest BCUT2D eigenvalue weighted by Crippen LogP contribution is -2.48. The number of fused-ring (bicyclic) bond motifs is 1. The van der Waals surface area contributed by atoms with Crippen LogP contribution in [0.15, 0.2) is 66.7 Å². The van der Waals surface area contributed by atoms with Crippen molar-refractivity contribution < 1.29 is 14.7 Å². The summed E-state index contributed by atoms with van der Waals surface area (Å²) < 4.78 is 0. The second-order valence-corrected chi connectivity index (χ2v) is 6.55. The van der Waals surface area contributed by atoms with Gasteiger partial charge in [0.15, 0.2) is 0 Å². The maximum atomic E-state index is 12.5. The number of nitrogens with one attached hydrogen (secondary N) is 2. The Morgan fingerprint density at radius 2 is 1.67 bits per heavy atom. The van der Waals surface area contributed by atoms with Crippen molar-refractivity contribution in [2.45, 2.75) is 12.6 Å². The molecule has 0 aromatic heterocycles. The number of carbonyl (C=O) groups excluding carboxylic acids is 2. The lowest BCUT2D eigenvalue weighted by atomic mass is 10.1. The number of aliphatic hydroxyl groups is 1. The summed E-state index contributed by atoms with van der Waals surface area (Å²) in [5.74, 6) is -0.872. The molecule has 0 aliphatic carbocycles. The Balaban J connectivity index is 1.63. The lowest BCUT2D eigenvalue weighted by molar-refractivity contribution is -0.124. The van der Waals surface area contributed by atoms with Gasteiger partial charge in [-0.05, 0) is 40.6 Å². The van der Waals surface area contributed by atoms with Crippen molar-refractivity contribution in [1.82, 2.24) is 10.6 Å². The third-order valence-electron chi connectivity index (χ3n) is 4.20. The third-order valence-corrected chi connectivity index (χ3v) is 4.45. The fourth-order valence-electron chi connectivity index (χ4n) is 2.68. The highest BCUT2D eigenvalue weighted by Gasteiger charge is 2.20. The van der Waals surface area contributed by atoms with Crippen LogP contribution < -0.4 is 10.6 Å². The SMILES string of the molecule is O=C(N[C@@H](CO)C(=O)NCc1ccc(Cl)cc1)c1ccc2ccccc2c1. The molecule has 2 amide bonds. The number of halogens is 1. The molecule has 3 aromatic rings. The molecule has 0 saturated heterocycles. The quantitative estimate of drug-likeness (QED) is 0.613. The highest BCUT2D eigenvalue weighted by Crippen LogP contribution is 2.15.